The number of aromatic amines is 1. The number of amides is 2. The van der Waals surface area contributed by atoms with Crippen LogP contribution in [0.5, 0.6) is 0 Å². The molecule has 0 radical (unpaired) electrons. The van der Waals surface area contributed by atoms with E-state index in [1.807, 2.05) is 37.3 Å². The molecule has 0 aliphatic rings. The summed E-state index contributed by atoms with van der Waals surface area (Å²) in [6, 6.07) is 13.2. The maximum absolute atomic E-state index is 14.6. The molecule has 0 spiro atoms. The maximum atomic E-state index is 14.6. The Kier molecular flexibility index (Phi) is 7.18. The van der Waals surface area contributed by atoms with Crippen LogP contribution in [0.4, 0.5) is 4.39 Å². The number of imidazole rings is 1. The molecule has 0 saturated carbocycles. The largest absolute Gasteiger partial charge is 0.351 e. The lowest BCUT2D eigenvalue weighted by molar-refractivity contribution is -0.129. The van der Waals surface area contributed by atoms with Gasteiger partial charge in [-0.15, -0.1) is 0 Å². The topological polar surface area (TPSA) is 86.9 Å². The fraction of sp³-hybridized carbons (Fsp3) is 0.292. The lowest BCUT2D eigenvalue weighted by Crippen LogP contribution is -2.48. The average Bonchev–Trinajstić information content (AvgIpc) is 3.26. The Morgan fingerprint density at radius 1 is 1.03 bits per heavy atom. The summed E-state index contributed by atoms with van der Waals surface area (Å²) < 4.78 is 14.6. The highest BCUT2D eigenvalue weighted by atomic mass is 19.1. The fourth-order valence-electron chi connectivity index (χ4n) is 3.35. The van der Waals surface area contributed by atoms with Crippen LogP contribution in [0.25, 0.3) is 11.1 Å². The number of aromatic nitrogens is 2. The number of nitrogens with one attached hydrogen (secondary N) is 3. The first-order chi connectivity index (χ1) is 14.8. The van der Waals surface area contributed by atoms with Gasteiger partial charge in [-0.1, -0.05) is 42.5 Å². The van der Waals surface area contributed by atoms with Crippen LogP contribution in [-0.2, 0) is 16.0 Å². The zero-order chi connectivity index (χ0) is 22.4. The minimum absolute atomic E-state index is 0.121. The molecule has 3 atom stereocenters. The van der Waals surface area contributed by atoms with Gasteiger partial charge in [-0.3, -0.25) is 9.59 Å². The lowest BCUT2D eigenvalue weighted by Gasteiger charge is -2.20. The van der Waals surface area contributed by atoms with Crippen LogP contribution in [0.1, 0.15) is 37.9 Å². The molecule has 3 N–H and O–H groups in total. The van der Waals surface area contributed by atoms with E-state index in [4.69, 9.17) is 0 Å². The van der Waals surface area contributed by atoms with Crippen LogP contribution < -0.4 is 10.6 Å². The van der Waals surface area contributed by atoms with Crippen LogP contribution in [0.15, 0.2) is 61.1 Å². The summed E-state index contributed by atoms with van der Waals surface area (Å²) in [5.41, 5.74) is 2.73. The van der Waals surface area contributed by atoms with Crippen LogP contribution in [0, 0.1) is 5.82 Å². The van der Waals surface area contributed by atoms with Crippen LogP contribution in [0.3, 0.4) is 0 Å². The predicted octanol–water partition coefficient (Wildman–Crippen LogP) is 3.57. The Bertz CT molecular complexity index is 1020. The minimum atomic E-state index is -0.715. The number of hydrogen-bond donors (Lipinski definition) is 3. The molecule has 1 aromatic heterocycles. The molecule has 7 heteroatoms. The standard InChI is InChI=1S/C24H27FN4O2/c1-15(11-20-13-26-14-27-20)28-24(31)17(3)29-23(30)16(2)19-9-10-21(22(25)12-19)18-7-5-4-6-8-18/h4-10,12-17H,11H2,1-3H3,(H,26,27)(H,28,31)(H,29,30). The maximum Gasteiger partial charge on any atom is 0.242 e. The van der Waals surface area contributed by atoms with Gasteiger partial charge in [0.05, 0.1) is 12.2 Å². The second-order valence-corrected chi connectivity index (χ2v) is 7.75. The Morgan fingerprint density at radius 2 is 1.77 bits per heavy atom. The van der Waals surface area contributed by atoms with Gasteiger partial charge in [-0.25, -0.2) is 9.37 Å². The van der Waals surface area contributed by atoms with Gasteiger partial charge in [0, 0.05) is 29.9 Å². The summed E-state index contributed by atoms with van der Waals surface area (Å²) >= 11 is 0. The molecule has 0 aliphatic carbocycles. The van der Waals surface area contributed by atoms with Gasteiger partial charge in [-0.2, -0.15) is 0 Å². The highest BCUT2D eigenvalue weighted by Gasteiger charge is 2.22. The minimum Gasteiger partial charge on any atom is -0.351 e. The molecular weight excluding hydrogens is 395 g/mol. The highest BCUT2D eigenvalue weighted by molar-refractivity contribution is 5.90. The third kappa shape index (κ3) is 5.78. The van der Waals surface area contributed by atoms with Crippen molar-refractivity contribution in [1.82, 2.24) is 20.6 Å². The van der Waals surface area contributed by atoms with Gasteiger partial charge >= 0.3 is 0 Å². The van der Waals surface area contributed by atoms with Crippen LogP contribution in [-0.4, -0.2) is 33.9 Å². The SMILES string of the molecule is CC(Cc1cnc[nH]1)NC(=O)C(C)NC(=O)C(C)c1ccc(-c2ccccc2)c(F)c1. The highest BCUT2D eigenvalue weighted by Crippen LogP contribution is 2.26. The summed E-state index contributed by atoms with van der Waals surface area (Å²) in [5, 5.41) is 5.59. The van der Waals surface area contributed by atoms with Crippen molar-refractivity contribution in [3.63, 3.8) is 0 Å². The summed E-state index contributed by atoms with van der Waals surface area (Å²) in [7, 11) is 0. The Morgan fingerprint density at radius 3 is 2.42 bits per heavy atom. The molecule has 162 valence electrons. The van der Waals surface area contributed by atoms with Gasteiger partial charge < -0.3 is 15.6 Å². The molecule has 0 fully saturated rings. The van der Waals surface area contributed by atoms with E-state index in [2.05, 4.69) is 20.6 Å². The third-order valence-electron chi connectivity index (χ3n) is 5.19. The number of carbonyl (C=O) groups is 2. The number of benzene rings is 2. The molecule has 31 heavy (non-hydrogen) atoms. The normalized spacial score (nSPS) is 13.8. The van der Waals surface area contributed by atoms with E-state index >= 15 is 0 Å². The van der Waals surface area contributed by atoms with E-state index in [1.54, 1.807) is 38.5 Å². The zero-order valence-electron chi connectivity index (χ0n) is 17.9. The molecule has 2 amide bonds. The molecule has 1 heterocycles. The molecular formula is C24H27FN4O2. The van der Waals surface area contributed by atoms with E-state index in [9.17, 15) is 14.0 Å². The Hall–Kier alpha value is -3.48. The quantitative estimate of drug-likeness (QED) is 0.519. The first-order valence-corrected chi connectivity index (χ1v) is 10.3. The first-order valence-electron chi connectivity index (χ1n) is 10.3. The van der Waals surface area contributed by atoms with Crippen molar-refractivity contribution in [3.05, 3.63) is 78.1 Å². The van der Waals surface area contributed by atoms with Crippen LogP contribution >= 0.6 is 0 Å². The van der Waals surface area contributed by atoms with Gasteiger partial charge in [0.25, 0.3) is 0 Å². The van der Waals surface area contributed by atoms with E-state index in [0.717, 1.165) is 11.3 Å². The number of hydrogen-bond acceptors (Lipinski definition) is 3. The Labute approximate surface area is 181 Å². The van der Waals surface area contributed by atoms with Crippen molar-refractivity contribution in [1.29, 1.82) is 0 Å². The fourth-order valence-corrected chi connectivity index (χ4v) is 3.35. The number of nitrogens with zero attached hydrogens (tertiary/aromatic N) is 1. The first kappa shape index (κ1) is 22.2. The van der Waals surface area contributed by atoms with Crippen LogP contribution in [0.2, 0.25) is 0 Å². The smallest absolute Gasteiger partial charge is 0.242 e. The van der Waals surface area contributed by atoms with Gasteiger partial charge in [0.2, 0.25) is 11.8 Å². The van der Waals surface area contributed by atoms with Crippen molar-refractivity contribution >= 4 is 11.8 Å². The molecule has 3 rings (SSSR count). The predicted molar refractivity (Wildman–Crippen MR) is 118 cm³/mol. The van der Waals surface area contributed by atoms with E-state index in [0.29, 0.717) is 17.5 Å². The van der Waals surface area contributed by atoms with Gasteiger partial charge in [-0.05, 0) is 38.0 Å². The van der Waals surface area contributed by atoms with E-state index < -0.39 is 12.0 Å². The molecule has 2 aromatic carbocycles. The van der Waals surface area contributed by atoms with E-state index in [1.165, 1.54) is 6.07 Å². The molecule has 0 saturated heterocycles. The van der Waals surface area contributed by atoms with Gasteiger partial charge in [0.1, 0.15) is 11.9 Å². The number of rotatable bonds is 8. The summed E-state index contributed by atoms with van der Waals surface area (Å²) in [5.74, 6) is -1.60. The second-order valence-electron chi connectivity index (χ2n) is 7.75. The van der Waals surface area contributed by atoms with Crippen molar-refractivity contribution in [2.24, 2.45) is 0 Å². The Balaban J connectivity index is 1.58. The van der Waals surface area contributed by atoms with Crippen molar-refractivity contribution in [2.75, 3.05) is 0 Å². The molecule has 3 aromatic rings. The zero-order valence-corrected chi connectivity index (χ0v) is 17.9. The van der Waals surface area contributed by atoms with Crippen molar-refractivity contribution < 1.29 is 14.0 Å². The monoisotopic (exact) mass is 422 g/mol. The number of halogens is 1. The summed E-state index contributed by atoms with van der Waals surface area (Å²) in [6.07, 6.45) is 3.90. The second kappa shape index (κ2) is 10.0. The average molecular weight is 423 g/mol. The van der Waals surface area contributed by atoms with Gasteiger partial charge in [0.15, 0.2) is 0 Å². The third-order valence-corrected chi connectivity index (χ3v) is 5.19. The van der Waals surface area contributed by atoms with Crippen molar-refractivity contribution in [2.45, 2.75) is 45.2 Å². The molecule has 3 unspecified atom stereocenters. The molecule has 0 aliphatic heterocycles. The van der Waals surface area contributed by atoms with E-state index in [-0.39, 0.29) is 23.7 Å². The molecule has 6 nitrogen and oxygen atoms in total. The molecule has 0 bridgehead atoms. The summed E-state index contributed by atoms with van der Waals surface area (Å²) in [4.78, 5) is 32.0. The number of H-pyrrole nitrogens is 1. The lowest BCUT2D eigenvalue weighted by atomic mass is 9.96. The number of carbonyl (C=O) groups excluding carboxylic acids is 2. The summed E-state index contributed by atoms with van der Waals surface area (Å²) in [6.45, 7) is 5.20. The van der Waals surface area contributed by atoms with Crippen molar-refractivity contribution in [3.8, 4) is 11.1 Å².